The Hall–Kier alpha value is -1.70. The van der Waals surface area contributed by atoms with Crippen LogP contribution in [-0.4, -0.2) is 47.2 Å². The fourth-order valence-electron chi connectivity index (χ4n) is 1.82. The van der Waals surface area contributed by atoms with Gasteiger partial charge in [-0.15, -0.1) is 0 Å². The van der Waals surface area contributed by atoms with Crippen LogP contribution in [0, 0.1) is 0 Å². The molecule has 2 N–H and O–H groups in total. The van der Waals surface area contributed by atoms with E-state index in [4.69, 9.17) is 14.2 Å². The molecule has 22 heavy (non-hydrogen) atoms. The molecule has 0 aromatic carbocycles. The molecule has 0 aliphatic carbocycles. The van der Waals surface area contributed by atoms with Gasteiger partial charge in [-0.05, 0) is 38.5 Å². The lowest BCUT2D eigenvalue weighted by atomic mass is 10.0. The summed E-state index contributed by atoms with van der Waals surface area (Å²) in [5, 5.41) is 12.4. The number of hydrogen-bond donors (Lipinski definition) is 2. The fraction of sp³-hybridized carbons (Fsp3) is 0.600. The van der Waals surface area contributed by atoms with Gasteiger partial charge in [0.15, 0.2) is 0 Å². The van der Waals surface area contributed by atoms with Gasteiger partial charge in [0.1, 0.15) is 17.0 Å². The maximum atomic E-state index is 11.7. The summed E-state index contributed by atoms with van der Waals surface area (Å²) in [6.07, 6.45) is 1.02. The number of amides is 1. The lowest BCUT2D eigenvalue weighted by Crippen LogP contribution is -2.53. The first kappa shape index (κ1) is 16.7. The molecule has 0 unspecified atom stereocenters. The fourth-order valence-corrected chi connectivity index (χ4v) is 1.82. The number of aliphatic hydroxyl groups is 1. The molecule has 1 aliphatic heterocycles. The van der Waals surface area contributed by atoms with Crippen LogP contribution in [0.2, 0.25) is 0 Å². The van der Waals surface area contributed by atoms with Gasteiger partial charge in [-0.25, -0.2) is 9.78 Å². The molecular weight excluding hydrogens is 288 g/mol. The minimum atomic E-state index is -0.870. The van der Waals surface area contributed by atoms with Gasteiger partial charge in [0.05, 0.1) is 26.4 Å². The summed E-state index contributed by atoms with van der Waals surface area (Å²) in [6, 6.07) is 3.48. The Morgan fingerprint density at radius 2 is 2.23 bits per heavy atom. The molecule has 1 aromatic rings. The summed E-state index contributed by atoms with van der Waals surface area (Å²) in [7, 11) is 0. The van der Waals surface area contributed by atoms with Crippen LogP contribution < -0.4 is 5.32 Å². The number of ether oxygens (including phenoxy) is 3. The summed E-state index contributed by atoms with van der Waals surface area (Å²) in [6.45, 7) is 6.50. The zero-order valence-corrected chi connectivity index (χ0v) is 13.1. The van der Waals surface area contributed by atoms with E-state index in [0.29, 0.717) is 25.6 Å². The Morgan fingerprint density at radius 1 is 1.50 bits per heavy atom. The maximum Gasteiger partial charge on any atom is 0.413 e. The topological polar surface area (TPSA) is 89.9 Å². The number of aromatic nitrogens is 1. The third-order valence-electron chi connectivity index (χ3n) is 2.83. The predicted molar refractivity (Wildman–Crippen MR) is 79.5 cm³/mol. The van der Waals surface area contributed by atoms with Crippen molar-refractivity contribution in [2.45, 2.75) is 38.6 Å². The molecule has 1 amide bonds. The van der Waals surface area contributed by atoms with Crippen LogP contribution in [0.15, 0.2) is 18.3 Å². The van der Waals surface area contributed by atoms with Crippen LogP contribution in [0.5, 0.6) is 0 Å². The number of nitrogens with one attached hydrogen (secondary N) is 1. The van der Waals surface area contributed by atoms with Gasteiger partial charge in [-0.3, -0.25) is 5.32 Å². The van der Waals surface area contributed by atoms with Gasteiger partial charge in [0.25, 0.3) is 0 Å². The minimum Gasteiger partial charge on any atom is -0.444 e. The Kier molecular flexibility index (Phi) is 5.00. The van der Waals surface area contributed by atoms with Gasteiger partial charge in [-0.2, -0.15) is 0 Å². The molecule has 0 spiro atoms. The summed E-state index contributed by atoms with van der Waals surface area (Å²) in [5.41, 5.74) is -0.597. The number of carbonyl (C=O) groups is 1. The second kappa shape index (κ2) is 6.60. The number of nitrogens with zero attached hydrogens (tertiary/aromatic N) is 1. The molecule has 0 saturated carbocycles. The molecule has 2 rings (SSSR count). The average Bonchev–Trinajstić information content (AvgIpc) is 2.34. The normalized spacial score (nSPS) is 16.7. The molecule has 7 nitrogen and oxygen atoms in total. The lowest BCUT2D eigenvalue weighted by molar-refractivity contribution is -0.206. The van der Waals surface area contributed by atoms with Crippen molar-refractivity contribution in [3.05, 3.63) is 23.9 Å². The smallest absolute Gasteiger partial charge is 0.413 e. The molecule has 0 radical (unpaired) electrons. The largest absolute Gasteiger partial charge is 0.444 e. The van der Waals surface area contributed by atoms with Crippen LogP contribution in [0.3, 0.4) is 0 Å². The van der Waals surface area contributed by atoms with Crippen LogP contribution >= 0.6 is 0 Å². The molecule has 122 valence electrons. The number of anilines is 1. The Morgan fingerprint density at radius 3 is 2.82 bits per heavy atom. The molecular formula is C15H22N2O5. The molecule has 2 heterocycles. The van der Waals surface area contributed by atoms with Crippen molar-refractivity contribution in [3.8, 4) is 0 Å². The Labute approximate surface area is 129 Å². The molecule has 1 aliphatic rings. The van der Waals surface area contributed by atoms with Crippen LogP contribution in [0.4, 0.5) is 10.6 Å². The second-order valence-electron chi connectivity index (χ2n) is 6.39. The van der Waals surface area contributed by atoms with E-state index in [2.05, 4.69) is 10.3 Å². The highest BCUT2D eigenvalue weighted by Crippen LogP contribution is 2.18. The van der Waals surface area contributed by atoms with Gasteiger partial charge >= 0.3 is 6.09 Å². The number of hydrogen-bond acceptors (Lipinski definition) is 6. The maximum absolute atomic E-state index is 11.7. The zero-order chi connectivity index (χ0) is 16.2. The van der Waals surface area contributed by atoms with Gasteiger partial charge in [-0.1, -0.05) is 0 Å². The molecule has 1 aromatic heterocycles. The highest BCUT2D eigenvalue weighted by molar-refractivity contribution is 5.83. The highest BCUT2D eigenvalue weighted by Gasteiger charge is 2.36. The number of carbonyl (C=O) groups excluding carboxylic acids is 1. The van der Waals surface area contributed by atoms with E-state index >= 15 is 0 Å². The van der Waals surface area contributed by atoms with E-state index in [0.717, 1.165) is 5.56 Å². The number of pyridine rings is 1. The highest BCUT2D eigenvalue weighted by atomic mass is 16.6. The first-order valence-electron chi connectivity index (χ1n) is 7.09. The zero-order valence-electron chi connectivity index (χ0n) is 13.1. The van der Waals surface area contributed by atoms with Crippen molar-refractivity contribution in [3.63, 3.8) is 0 Å². The third-order valence-corrected chi connectivity index (χ3v) is 2.83. The summed E-state index contributed by atoms with van der Waals surface area (Å²) in [5.74, 6) is 0.390. The molecule has 1 fully saturated rings. The third kappa shape index (κ3) is 5.25. The first-order valence-corrected chi connectivity index (χ1v) is 7.09. The van der Waals surface area contributed by atoms with E-state index in [1.807, 2.05) is 0 Å². The van der Waals surface area contributed by atoms with Crippen molar-refractivity contribution >= 4 is 11.9 Å². The Bertz CT molecular complexity index is 523. The molecule has 0 bridgehead atoms. The molecule has 7 heteroatoms. The van der Waals surface area contributed by atoms with Crippen molar-refractivity contribution in [2.75, 3.05) is 25.1 Å². The quantitative estimate of drug-likeness (QED) is 0.860. The first-order chi connectivity index (χ1) is 10.3. The van der Waals surface area contributed by atoms with Crippen LogP contribution in [-0.2, 0) is 20.8 Å². The van der Waals surface area contributed by atoms with Crippen molar-refractivity contribution in [1.82, 2.24) is 4.98 Å². The summed E-state index contributed by atoms with van der Waals surface area (Å²) < 4.78 is 15.6. The van der Waals surface area contributed by atoms with Crippen LogP contribution in [0.25, 0.3) is 0 Å². The van der Waals surface area contributed by atoms with Crippen molar-refractivity contribution < 1.29 is 24.1 Å². The molecule has 1 saturated heterocycles. The predicted octanol–water partition coefficient (Wildman–Crippen LogP) is 1.71. The second-order valence-corrected chi connectivity index (χ2v) is 6.39. The monoisotopic (exact) mass is 310 g/mol. The molecule has 0 atom stereocenters. The van der Waals surface area contributed by atoms with E-state index in [9.17, 15) is 9.90 Å². The van der Waals surface area contributed by atoms with Crippen molar-refractivity contribution in [2.24, 2.45) is 0 Å². The Balaban J connectivity index is 1.82. The van der Waals surface area contributed by atoms with E-state index in [-0.39, 0.29) is 6.61 Å². The SMILES string of the molecule is CC(C)(C)OC(=O)Nc1cc(COCC2(O)COC2)ccn1. The minimum absolute atomic E-state index is 0.212. The summed E-state index contributed by atoms with van der Waals surface area (Å²) >= 11 is 0. The van der Waals surface area contributed by atoms with Gasteiger partial charge < -0.3 is 19.3 Å². The van der Waals surface area contributed by atoms with Crippen LogP contribution in [0.1, 0.15) is 26.3 Å². The van der Waals surface area contributed by atoms with E-state index in [1.165, 1.54) is 0 Å². The lowest BCUT2D eigenvalue weighted by Gasteiger charge is -2.35. The average molecular weight is 310 g/mol. The number of rotatable bonds is 5. The van der Waals surface area contributed by atoms with Gasteiger partial charge in [0.2, 0.25) is 0 Å². The van der Waals surface area contributed by atoms with E-state index in [1.54, 1.807) is 39.1 Å². The van der Waals surface area contributed by atoms with Gasteiger partial charge in [0, 0.05) is 6.20 Å². The van der Waals surface area contributed by atoms with E-state index < -0.39 is 17.3 Å². The standard InChI is InChI=1S/C15H22N2O5/c1-14(2,3)22-13(18)17-12-6-11(4-5-16-12)7-20-8-15(19)9-21-10-15/h4-6,19H,7-10H2,1-3H3,(H,16,17,18). The van der Waals surface area contributed by atoms with Crippen molar-refractivity contribution in [1.29, 1.82) is 0 Å². The summed E-state index contributed by atoms with van der Waals surface area (Å²) in [4.78, 5) is 15.7.